The maximum Gasteiger partial charge on any atom is 0.262 e. The van der Waals surface area contributed by atoms with Gasteiger partial charge >= 0.3 is 0 Å². The van der Waals surface area contributed by atoms with Gasteiger partial charge in [-0.2, -0.15) is 0 Å². The molecule has 3 aliphatic rings. The van der Waals surface area contributed by atoms with Gasteiger partial charge in [0.05, 0.1) is 11.1 Å². The minimum absolute atomic E-state index is 0.0896. The Labute approximate surface area is 184 Å². The third kappa shape index (κ3) is 3.49. The molecule has 2 N–H and O–H groups in total. The number of hydrogen-bond acceptors (Lipinski definition) is 7. The minimum Gasteiger partial charge on any atom is -0.314 e. The van der Waals surface area contributed by atoms with E-state index in [1.165, 1.54) is 0 Å². The topological polar surface area (TPSA) is 112 Å². The number of aromatic nitrogens is 1. The van der Waals surface area contributed by atoms with Crippen molar-refractivity contribution in [3.05, 3.63) is 65.0 Å². The summed E-state index contributed by atoms with van der Waals surface area (Å²) in [5, 5.41) is 5.64. The lowest BCUT2D eigenvalue weighted by Crippen LogP contribution is -2.54. The molecule has 2 fully saturated rings. The van der Waals surface area contributed by atoms with E-state index in [4.69, 9.17) is 0 Å². The highest BCUT2D eigenvalue weighted by Crippen LogP contribution is 2.32. The van der Waals surface area contributed by atoms with Crippen LogP contribution in [-0.4, -0.2) is 64.1 Å². The minimum atomic E-state index is -0.963. The van der Waals surface area contributed by atoms with Gasteiger partial charge in [0.15, 0.2) is 0 Å². The molecule has 0 aliphatic carbocycles. The maximum absolute atomic E-state index is 13.3. The second-order valence-electron chi connectivity index (χ2n) is 8.26. The molecule has 5 rings (SSSR count). The van der Waals surface area contributed by atoms with Crippen molar-refractivity contribution in [3.8, 4) is 0 Å². The Kier molecular flexibility index (Phi) is 5.28. The van der Waals surface area contributed by atoms with Gasteiger partial charge in [-0.15, -0.1) is 0 Å². The second kappa shape index (κ2) is 8.25. The fourth-order valence-electron chi connectivity index (χ4n) is 4.77. The number of fused-ring (bicyclic) bond motifs is 1. The Balaban J connectivity index is 1.44. The van der Waals surface area contributed by atoms with Crippen LogP contribution in [-0.2, 0) is 16.1 Å². The number of nitrogens with one attached hydrogen (secondary N) is 2. The first-order chi connectivity index (χ1) is 15.5. The van der Waals surface area contributed by atoms with Crippen molar-refractivity contribution < 1.29 is 19.2 Å². The highest BCUT2D eigenvalue weighted by molar-refractivity contribution is 6.24. The van der Waals surface area contributed by atoms with E-state index in [9.17, 15) is 19.2 Å². The largest absolute Gasteiger partial charge is 0.314 e. The number of hydrogen-bond donors (Lipinski definition) is 2. The van der Waals surface area contributed by atoms with E-state index in [0.29, 0.717) is 17.7 Å². The average Bonchev–Trinajstić information content (AvgIpc) is 3.06. The summed E-state index contributed by atoms with van der Waals surface area (Å²) in [5.41, 5.74) is 2.50. The maximum atomic E-state index is 13.3. The molecule has 0 bridgehead atoms. The first kappa shape index (κ1) is 20.5. The summed E-state index contributed by atoms with van der Waals surface area (Å²) in [5.74, 6) is -1.94. The average molecular weight is 433 g/mol. The zero-order chi connectivity index (χ0) is 22.2. The summed E-state index contributed by atoms with van der Waals surface area (Å²) in [6.45, 7) is 2.85. The van der Waals surface area contributed by atoms with Crippen LogP contribution in [0.5, 0.6) is 0 Å². The van der Waals surface area contributed by atoms with Gasteiger partial charge in [-0.1, -0.05) is 18.2 Å². The van der Waals surface area contributed by atoms with Gasteiger partial charge < -0.3 is 5.32 Å². The zero-order valence-corrected chi connectivity index (χ0v) is 17.4. The molecule has 4 heterocycles. The van der Waals surface area contributed by atoms with Gasteiger partial charge in [0.1, 0.15) is 6.04 Å². The molecule has 9 heteroatoms. The normalized spacial score (nSPS) is 23.9. The molecule has 164 valence electrons. The van der Waals surface area contributed by atoms with Crippen LogP contribution in [0.3, 0.4) is 0 Å². The molecule has 9 nitrogen and oxygen atoms in total. The lowest BCUT2D eigenvalue weighted by atomic mass is 9.99. The van der Waals surface area contributed by atoms with Crippen molar-refractivity contribution in [1.82, 2.24) is 25.4 Å². The van der Waals surface area contributed by atoms with E-state index in [0.717, 1.165) is 35.7 Å². The Morgan fingerprint density at radius 3 is 2.69 bits per heavy atom. The van der Waals surface area contributed by atoms with E-state index < -0.39 is 23.8 Å². The predicted molar refractivity (Wildman–Crippen MR) is 113 cm³/mol. The Bertz CT molecular complexity index is 1100. The van der Waals surface area contributed by atoms with Gasteiger partial charge in [-0.3, -0.25) is 39.3 Å². The molecule has 2 atom stereocenters. The van der Waals surface area contributed by atoms with Crippen LogP contribution >= 0.6 is 0 Å². The molecule has 1 aromatic heterocycles. The summed E-state index contributed by atoms with van der Waals surface area (Å²) < 4.78 is 0. The fraction of sp³-hybridized carbons (Fsp3) is 0.348. The Hall–Kier alpha value is -3.43. The quantitative estimate of drug-likeness (QED) is 0.680. The summed E-state index contributed by atoms with van der Waals surface area (Å²) in [7, 11) is 0. The lowest BCUT2D eigenvalue weighted by Gasteiger charge is -2.36. The monoisotopic (exact) mass is 433 g/mol. The summed E-state index contributed by atoms with van der Waals surface area (Å²) >= 11 is 0. The van der Waals surface area contributed by atoms with Gasteiger partial charge in [0.2, 0.25) is 11.8 Å². The fourth-order valence-corrected chi connectivity index (χ4v) is 4.77. The third-order valence-corrected chi connectivity index (χ3v) is 6.35. The van der Waals surface area contributed by atoms with Crippen LogP contribution in [0.1, 0.15) is 50.7 Å². The number of piperidine rings is 1. The molecule has 0 spiro atoms. The lowest BCUT2D eigenvalue weighted by molar-refractivity contribution is -0.136. The van der Waals surface area contributed by atoms with Crippen molar-refractivity contribution in [1.29, 1.82) is 0 Å². The predicted octanol–water partition coefficient (Wildman–Crippen LogP) is 0.629. The molecule has 0 radical (unpaired) electrons. The number of carbonyl (C=O) groups is 4. The van der Waals surface area contributed by atoms with Crippen molar-refractivity contribution >= 4 is 23.6 Å². The molecule has 2 aromatic rings. The Morgan fingerprint density at radius 2 is 1.91 bits per heavy atom. The number of nitrogens with zero attached hydrogens (tertiary/aromatic N) is 3. The van der Waals surface area contributed by atoms with E-state index >= 15 is 0 Å². The highest BCUT2D eigenvalue weighted by atomic mass is 16.2. The Morgan fingerprint density at radius 1 is 1.03 bits per heavy atom. The van der Waals surface area contributed by atoms with E-state index in [1.54, 1.807) is 18.3 Å². The van der Waals surface area contributed by atoms with Crippen molar-refractivity contribution in [2.24, 2.45) is 0 Å². The second-order valence-corrected chi connectivity index (χ2v) is 8.26. The number of pyridine rings is 1. The van der Waals surface area contributed by atoms with Crippen molar-refractivity contribution in [2.75, 3.05) is 19.6 Å². The van der Waals surface area contributed by atoms with Crippen molar-refractivity contribution in [2.45, 2.75) is 31.5 Å². The molecule has 32 heavy (non-hydrogen) atoms. The van der Waals surface area contributed by atoms with E-state index in [1.807, 2.05) is 24.4 Å². The molecular weight excluding hydrogens is 410 g/mol. The van der Waals surface area contributed by atoms with Gasteiger partial charge in [0.25, 0.3) is 11.8 Å². The van der Waals surface area contributed by atoms with Gasteiger partial charge in [0, 0.05) is 51.0 Å². The molecule has 1 aromatic carbocycles. The molecular formula is C23H23N5O4. The smallest absolute Gasteiger partial charge is 0.262 e. The van der Waals surface area contributed by atoms with Gasteiger partial charge in [-0.25, -0.2) is 0 Å². The van der Waals surface area contributed by atoms with Gasteiger partial charge in [-0.05, 0) is 29.7 Å². The number of rotatable bonds is 4. The highest BCUT2D eigenvalue weighted by Gasteiger charge is 2.45. The number of carbonyl (C=O) groups excluding carboxylic acids is 4. The first-order valence-corrected chi connectivity index (χ1v) is 10.7. The molecule has 4 amide bonds. The van der Waals surface area contributed by atoms with Crippen molar-refractivity contribution in [3.63, 3.8) is 0 Å². The zero-order valence-electron chi connectivity index (χ0n) is 17.4. The van der Waals surface area contributed by atoms with Crippen LogP contribution in [0.2, 0.25) is 0 Å². The number of piperazine rings is 1. The standard InChI is InChI=1S/C23H23N5O4/c29-19-7-6-17(21(30)26-19)28-22(31)16-5-1-3-15(20(16)23(28)32)13-27-10-9-25-12-18(27)14-4-2-8-24-11-14/h1-5,8,11,17-18,25H,6-7,9-10,12-13H2,(H,26,29,30). The summed E-state index contributed by atoms with van der Waals surface area (Å²) in [6.07, 6.45) is 3.83. The summed E-state index contributed by atoms with van der Waals surface area (Å²) in [6, 6.07) is 8.33. The molecule has 0 saturated carbocycles. The number of amides is 4. The molecule has 2 saturated heterocycles. The van der Waals surface area contributed by atoms with E-state index in [2.05, 4.69) is 20.5 Å². The molecule has 3 aliphatic heterocycles. The number of imide groups is 2. The van der Waals surface area contributed by atoms with Crippen LogP contribution in [0.4, 0.5) is 0 Å². The van der Waals surface area contributed by atoms with Crippen LogP contribution in [0, 0.1) is 0 Å². The summed E-state index contributed by atoms with van der Waals surface area (Å²) in [4.78, 5) is 57.8. The third-order valence-electron chi connectivity index (χ3n) is 6.35. The van der Waals surface area contributed by atoms with Crippen LogP contribution in [0.25, 0.3) is 0 Å². The van der Waals surface area contributed by atoms with E-state index in [-0.39, 0.29) is 24.8 Å². The number of benzene rings is 1. The van der Waals surface area contributed by atoms with Crippen LogP contribution < -0.4 is 10.6 Å². The van der Waals surface area contributed by atoms with Crippen LogP contribution in [0.15, 0.2) is 42.7 Å². The first-order valence-electron chi connectivity index (χ1n) is 10.7. The molecule has 2 unspecified atom stereocenters. The SMILES string of the molecule is O=C1CCC(N2C(=O)c3cccc(CN4CCNCC4c4cccnc4)c3C2=O)C(=O)N1.